The van der Waals surface area contributed by atoms with Crippen molar-refractivity contribution in [1.82, 2.24) is 5.32 Å². The van der Waals surface area contributed by atoms with Crippen molar-refractivity contribution in [2.75, 3.05) is 24.8 Å². The minimum absolute atomic E-state index is 0.307. The summed E-state index contributed by atoms with van der Waals surface area (Å²) in [5, 5.41) is 2.97. The van der Waals surface area contributed by atoms with Crippen LogP contribution >= 0.6 is 0 Å². The lowest BCUT2D eigenvalue weighted by Crippen LogP contribution is -2.48. The van der Waals surface area contributed by atoms with Gasteiger partial charge in [-0.2, -0.15) is 0 Å². The first-order valence-corrected chi connectivity index (χ1v) is 11.6. The van der Waals surface area contributed by atoms with Gasteiger partial charge >= 0.3 is 0 Å². The Bertz CT molecular complexity index is 991. The summed E-state index contributed by atoms with van der Waals surface area (Å²) in [6.07, 6.45) is 1.72. The fraction of sp³-hybridized carbons (Fsp3) is 0.409. The van der Waals surface area contributed by atoms with E-state index in [9.17, 15) is 13.2 Å². The molecule has 2 aromatic carbocycles. The molecule has 164 valence electrons. The van der Waals surface area contributed by atoms with Gasteiger partial charge in [-0.3, -0.25) is 9.10 Å². The molecule has 2 atom stereocenters. The van der Waals surface area contributed by atoms with Gasteiger partial charge in [-0.05, 0) is 55.7 Å². The predicted octanol–water partition coefficient (Wildman–Crippen LogP) is 3.43. The number of rotatable bonds is 9. The number of anilines is 1. The lowest BCUT2D eigenvalue weighted by Gasteiger charge is -2.30. The summed E-state index contributed by atoms with van der Waals surface area (Å²) in [6.45, 7) is 5.40. The maximum absolute atomic E-state index is 13.0. The second-order valence-electron chi connectivity index (χ2n) is 7.16. The smallest absolute Gasteiger partial charge is 0.244 e. The maximum atomic E-state index is 13.0. The third-order valence-electron chi connectivity index (χ3n) is 4.88. The van der Waals surface area contributed by atoms with E-state index in [1.807, 2.05) is 32.0 Å². The van der Waals surface area contributed by atoms with Gasteiger partial charge in [0, 0.05) is 0 Å². The zero-order valence-corrected chi connectivity index (χ0v) is 19.1. The highest BCUT2D eigenvalue weighted by Gasteiger charge is 2.30. The number of ether oxygens (including phenoxy) is 2. The second kappa shape index (κ2) is 9.84. The quantitative estimate of drug-likeness (QED) is 0.654. The lowest BCUT2D eigenvalue weighted by atomic mass is 10.0. The Balaban J connectivity index is 2.31. The largest absolute Gasteiger partial charge is 0.493 e. The highest BCUT2D eigenvalue weighted by atomic mass is 32.2. The molecule has 1 N–H and O–H groups in total. The number of aryl methyl sites for hydroxylation is 1. The number of carbonyl (C=O) groups is 1. The van der Waals surface area contributed by atoms with Crippen LogP contribution in [-0.4, -0.2) is 40.8 Å². The molecule has 7 nitrogen and oxygen atoms in total. The van der Waals surface area contributed by atoms with Crippen molar-refractivity contribution in [1.29, 1.82) is 0 Å². The number of carbonyl (C=O) groups excluding carboxylic acids is 1. The van der Waals surface area contributed by atoms with E-state index >= 15 is 0 Å². The number of hydrogen-bond donors (Lipinski definition) is 1. The van der Waals surface area contributed by atoms with Crippen molar-refractivity contribution in [3.63, 3.8) is 0 Å². The van der Waals surface area contributed by atoms with Crippen molar-refractivity contribution < 1.29 is 22.7 Å². The number of amides is 1. The van der Waals surface area contributed by atoms with Gasteiger partial charge in [0.1, 0.15) is 6.04 Å². The fourth-order valence-corrected chi connectivity index (χ4v) is 4.52. The Labute approximate surface area is 179 Å². The topological polar surface area (TPSA) is 84.9 Å². The molecule has 0 aromatic heterocycles. The summed E-state index contributed by atoms with van der Waals surface area (Å²) in [5.74, 6) is 0.773. The Kier molecular flexibility index (Phi) is 7.72. The number of methoxy groups -OCH3 is 2. The van der Waals surface area contributed by atoms with Crippen molar-refractivity contribution >= 4 is 21.6 Å². The number of nitrogens with one attached hydrogen (secondary N) is 1. The van der Waals surface area contributed by atoms with Gasteiger partial charge in [-0.15, -0.1) is 0 Å². The molecule has 0 saturated carbocycles. The highest BCUT2D eigenvalue weighted by Crippen LogP contribution is 2.31. The first-order chi connectivity index (χ1) is 14.1. The number of benzene rings is 2. The molecule has 0 unspecified atom stereocenters. The van der Waals surface area contributed by atoms with Gasteiger partial charge < -0.3 is 14.8 Å². The molecule has 0 spiro atoms. The normalized spacial score (nSPS) is 13.3. The van der Waals surface area contributed by atoms with Crippen molar-refractivity contribution in [3.8, 4) is 11.5 Å². The monoisotopic (exact) mass is 434 g/mol. The van der Waals surface area contributed by atoms with Crippen LogP contribution in [0.1, 0.15) is 37.4 Å². The lowest BCUT2D eigenvalue weighted by molar-refractivity contribution is -0.122. The van der Waals surface area contributed by atoms with Crippen LogP contribution in [0.5, 0.6) is 11.5 Å². The zero-order valence-electron chi connectivity index (χ0n) is 18.3. The van der Waals surface area contributed by atoms with Crippen LogP contribution in [0.2, 0.25) is 0 Å². The molecule has 0 aliphatic heterocycles. The standard InChI is InChI=1S/C22H30N2O5S/c1-7-19(17-11-12-20(28-4)21(14-17)29-5)23-22(25)16(3)24(30(6,26)27)18-10-8-9-15(2)13-18/h8-14,16,19H,7H2,1-6H3,(H,23,25)/t16-,19+/m1/s1. The zero-order chi connectivity index (χ0) is 22.5. The average molecular weight is 435 g/mol. The van der Waals surface area contributed by atoms with Gasteiger partial charge in [-0.1, -0.05) is 25.1 Å². The van der Waals surface area contributed by atoms with Crippen LogP contribution in [0, 0.1) is 6.92 Å². The molecule has 1 amide bonds. The second-order valence-corrected chi connectivity index (χ2v) is 9.02. The summed E-state index contributed by atoms with van der Waals surface area (Å²) >= 11 is 0. The fourth-order valence-electron chi connectivity index (χ4n) is 3.36. The van der Waals surface area contributed by atoms with Gasteiger partial charge in [0.2, 0.25) is 15.9 Å². The third kappa shape index (κ3) is 5.44. The summed E-state index contributed by atoms with van der Waals surface area (Å²) in [6, 6.07) is 11.3. The molecule has 0 aliphatic rings. The Morgan fingerprint density at radius 3 is 2.30 bits per heavy atom. The number of hydrogen-bond acceptors (Lipinski definition) is 5. The van der Waals surface area contributed by atoms with E-state index in [0.29, 0.717) is 23.6 Å². The van der Waals surface area contributed by atoms with Gasteiger partial charge in [0.05, 0.1) is 32.2 Å². The van der Waals surface area contributed by atoms with E-state index in [2.05, 4.69) is 5.32 Å². The summed E-state index contributed by atoms with van der Waals surface area (Å²) < 4.78 is 36.7. The number of nitrogens with zero attached hydrogens (tertiary/aromatic N) is 1. The molecule has 0 bridgehead atoms. The molecule has 2 rings (SSSR count). The molecular weight excluding hydrogens is 404 g/mol. The van der Waals surface area contributed by atoms with E-state index in [0.717, 1.165) is 21.7 Å². The van der Waals surface area contributed by atoms with Crippen LogP contribution in [0.25, 0.3) is 0 Å². The molecule has 0 aliphatic carbocycles. The first kappa shape index (κ1) is 23.5. The van der Waals surface area contributed by atoms with Crippen molar-refractivity contribution in [2.24, 2.45) is 0 Å². The third-order valence-corrected chi connectivity index (χ3v) is 6.12. The van der Waals surface area contributed by atoms with Crippen molar-refractivity contribution in [2.45, 2.75) is 39.3 Å². The van der Waals surface area contributed by atoms with Crippen LogP contribution in [-0.2, 0) is 14.8 Å². The minimum atomic E-state index is -3.67. The summed E-state index contributed by atoms with van der Waals surface area (Å²) in [7, 11) is -0.560. The molecule has 0 fully saturated rings. The van der Waals surface area contributed by atoms with Crippen LogP contribution in [0.3, 0.4) is 0 Å². The van der Waals surface area contributed by atoms with E-state index in [1.54, 1.807) is 45.4 Å². The first-order valence-electron chi connectivity index (χ1n) is 9.70. The van der Waals surface area contributed by atoms with Gasteiger partial charge in [-0.25, -0.2) is 8.42 Å². The molecule has 30 heavy (non-hydrogen) atoms. The van der Waals surface area contributed by atoms with E-state index < -0.39 is 16.1 Å². The van der Waals surface area contributed by atoms with Crippen LogP contribution in [0.4, 0.5) is 5.69 Å². The molecule has 0 saturated heterocycles. The van der Waals surface area contributed by atoms with E-state index in [1.165, 1.54) is 0 Å². The Hall–Kier alpha value is -2.74. The minimum Gasteiger partial charge on any atom is -0.493 e. The molecule has 0 radical (unpaired) electrons. The SMILES string of the molecule is CC[C@H](NC(=O)[C@@H](C)N(c1cccc(C)c1)S(C)(=O)=O)c1ccc(OC)c(OC)c1. The maximum Gasteiger partial charge on any atom is 0.244 e. The summed E-state index contributed by atoms with van der Waals surface area (Å²) in [5.41, 5.74) is 2.21. The van der Waals surface area contributed by atoms with Crippen molar-refractivity contribution in [3.05, 3.63) is 53.6 Å². The Morgan fingerprint density at radius 1 is 1.10 bits per heavy atom. The summed E-state index contributed by atoms with van der Waals surface area (Å²) in [4.78, 5) is 13.0. The molecule has 2 aromatic rings. The predicted molar refractivity (Wildman–Crippen MR) is 119 cm³/mol. The van der Waals surface area contributed by atoms with Crippen LogP contribution < -0.4 is 19.1 Å². The van der Waals surface area contributed by atoms with Gasteiger partial charge in [0.15, 0.2) is 11.5 Å². The molecule has 8 heteroatoms. The Morgan fingerprint density at radius 2 is 1.77 bits per heavy atom. The highest BCUT2D eigenvalue weighted by molar-refractivity contribution is 7.92. The van der Waals surface area contributed by atoms with E-state index in [-0.39, 0.29) is 11.9 Å². The average Bonchev–Trinajstić information content (AvgIpc) is 2.70. The number of sulfonamides is 1. The molecule has 0 heterocycles. The van der Waals surface area contributed by atoms with Gasteiger partial charge in [0.25, 0.3) is 0 Å². The van der Waals surface area contributed by atoms with Crippen LogP contribution in [0.15, 0.2) is 42.5 Å². The molecular formula is C22H30N2O5S. The van der Waals surface area contributed by atoms with E-state index in [4.69, 9.17) is 9.47 Å².